The van der Waals surface area contributed by atoms with Crippen molar-refractivity contribution in [2.24, 2.45) is 9.98 Å². The molecule has 5 rings (SSSR count). The standard InChI is InChI=1S/C24H29N7O5S/c1-35-21-18(36-12-2-8-30-10-13-37(33,34)14-11-30)5-4-17-20(21)28-24(31-9-7-26-22(17)31)29-23(32)16-3-6-19(25)27-15-16/h3-6,15H,2,7-14H2,1H3,(H2,25,27)(H,28,29,32). The lowest BCUT2D eigenvalue weighted by Crippen LogP contribution is -2.47. The number of fused-ring (bicyclic) bond motifs is 3. The number of anilines is 1. The highest BCUT2D eigenvalue weighted by molar-refractivity contribution is 7.91. The molecule has 0 radical (unpaired) electrons. The summed E-state index contributed by atoms with van der Waals surface area (Å²) in [7, 11) is -1.34. The first-order chi connectivity index (χ1) is 17.8. The maximum Gasteiger partial charge on any atom is 0.259 e. The zero-order valence-electron chi connectivity index (χ0n) is 20.5. The Morgan fingerprint density at radius 2 is 1.97 bits per heavy atom. The zero-order chi connectivity index (χ0) is 26.0. The summed E-state index contributed by atoms with van der Waals surface area (Å²) >= 11 is 0. The van der Waals surface area contributed by atoms with Gasteiger partial charge in [-0.2, -0.15) is 0 Å². The number of aromatic nitrogens is 1. The molecule has 3 aliphatic heterocycles. The van der Waals surface area contributed by atoms with E-state index in [0.29, 0.717) is 73.1 Å². The molecule has 196 valence electrons. The number of ether oxygens (including phenoxy) is 2. The van der Waals surface area contributed by atoms with Crippen molar-refractivity contribution in [2.45, 2.75) is 6.42 Å². The average Bonchev–Trinajstić information content (AvgIpc) is 3.38. The second kappa shape index (κ2) is 10.3. The molecule has 13 heteroatoms. The van der Waals surface area contributed by atoms with Gasteiger partial charge in [0, 0.05) is 37.9 Å². The number of rotatable bonds is 7. The molecule has 1 amide bonds. The third-order valence-corrected chi connectivity index (χ3v) is 8.05. The summed E-state index contributed by atoms with van der Waals surface area (Å²) in [6, 6.07) is 6.90. The Balaban J connectivity index is 1.31. The van der Waals surface area contributed by atoms with Crippen molar-refractivity contribution in [3.05, 3.63) is 41.6 Å². The highest BCUT2D eigenvalue weighted by Gasteiger charge is 2.33. The van der Waals surface area contributed by atoms with Gasteiger partial charge in [0.15, 0.2) is 21.3 Å². The molecule has 1 aromatic heterocycles. The molecule has 0 saturated carbocycles. The first-order valence-electron chi connectivity index (χ1n) is 12.0. The van der Waals surface area contributed by atoms with Gasteiger partial charge in [0.05, 0.1) is 37.3 Å². The van der Waals surface area contributed by atoms with Gasteiger partial charge in [0.1, 0.15) is 17.3 Å². The number of amides is 1. The monoisotopic (exact) mass is 527 g/mol. The van der Waals surface area contributed by atoms with E-state index in [4.69, 9.17) is 20.2 Å². The third-order valence-electron chi connectivity index (χ3n) is 6.44. The number of hydrogen-bond acceptors (Lipinski definition) is 11. The molecule has 3 aliphatic rings. The molecule has 4 heterocycles. The van der Waals surface area contributed by atoms with Crippen LogP contribution in [0.3, 0.4) is 0 Å². The largest absolute Gasteiger partial charge is 0.491 e. The molecule has 0 unspecified atom stereocenters. The van der Waals surface area contributed by atoms with E-state index in [1.807, 2.05) is 17.0 Å². The van der Waals surface area contributed by atoms with Gasteiger partial charge in [-0.05, 0) is 30.7 Å². The lowest BCUT2D eigenvalue weighted by Gasteiger charge is -2.29. The van der Waals surface area contributed by atoms with Gasteiger partial charge in [-0.1, -0.05) is 0 Å². The molecule has 0 aliphatic carbocycles. The van der Waals surface area contributed by atoms with Crippen molar-refractivity contribution in [3.63, 3.8) is 0 Å². The number of sulfone groups is 1. The maximum absolute atomic E-state index is 12.9. The fourth-order valence-electron chi connectivity index (χ4n) is 4.46. The van der Waals surface area contributed by atoms with Crippen molar-refractivity contribution >= 4 is 39.0 Å². The van der Waals surface area contributed by atoms with E-state index in [9.17, 15) is 13.2 Å². The van der Waals surface area contributed by atoms with Crippen LogP contribution in [0.5, 0.6) is 11.5 Å². The topological polar surface area (TPSA) is 152 Å². The van der Waals surface area contributed by atoms with Gasteiger partial charge in [0.25, 0.3) is 5.91 Å². The molecular formula is C24H29N7O5S. The number of nitrogen functional groups attached to an aromatic ring is 1. The zero-order valence-corrected chi connectivity index (χ0v) is 21.3. The van der Waals surface area contributed by atoms with E-state index in [2.05, 4.69) is 20.2 Å². The average molecular weight is 528 g/mol. The van der Waals surface area contributed by atoms with Crippen LogP contribution in [-0.4, -0.2) is 98.9 Å². The van der Waals surface area contributed by atoms with E-state index in [1.165, 1.54) is 6.20 Å². The second-order valence-electron chi connectivity index (χ2n) is 8.91. The molecule has 2 aromatic rings. The summed E-state index contributed by atoms with van der Waals surface area (Å²) in [5.74, 6) is 2.43. The molecule has 0 spiro atoms. The number of pyridine rings is 1. The number of nitrogens with one attached hydrogen (secondary N) is 1. The quantitative estimate of drug-likeness (QED) is 0.495. The van der Waals surface area contributed by atoms with Gasteiger partial charge in [0.2, 0.25) is 5.96 Å². The SMILES string of the molecule is COc1c(OCCCN2CCS(=O)(=O)CC2)ccc2c1N=C(NC(=O)c1ccc(N)nc1)N1CCN=C21. The molecule has 1 saturated heterocycles. The number of carbonyl (C=O) groups excluding carboxylic acids is 1. The maximum atomic E-state index is 12.9. The van der Waals surface area contributed by atoms with Crippen LogP contribution in [0.15, 0.2) is 40.4 Å². The van der Waals surface area contributed by atoms with Gasteiger partial charge in [-0.15, -0.1) is 0 Å². The molecule has 0 atom stereocenters. The minimum absolute atomic E-state index is 0.207. The Morgan fingerprint density at radius 1 is 1.16 bits per heavy atom. The highest BCUT2D eigenvalue weighted by Crippen LogP contribution is 2.43. The molecule has 12 nitrogen and oxygen atoms in total. The Hall–Kier alpha value is -3.71. The van der Waals surface area contributed by atoms with Gasteiger partial charge < -0.3 is 20.1 Å². The number of methoxy groups -OCH3 is 1. The third kappa shape index (κ3) is 5.37. The number of carbonyl (C=O) groups is 1. The Bertz CT molecular complexity index is 1340. The molecule has 3 N–H and O–H groups in total. The first kappa shape index (κ1) is 25.0. The van der Waals surface area contributed by atoms with Crippen LogP contribution in [0.4, 0.5) is 11.5 Å². The summed E-state index contributed by atoms with van der Waals surface area (Å²) in [5, 5.41) is 2.86. The predicted octanol–water partition coefficient (Wildman–Crippen LogP) is 0.665. The normalized spacial score (nSPS) is 18.4. The lowest BCUT2D eigenvalue weighted by molar-refractivity contribution is 0.0973. The van der Waals surface area contributed by atoms with E-state index in [-0.39, 0.29) is 17.4 Å². The number of nitrogens with two attached hydrogens (primary N) is 1. The number of amidine groups is 1. The minimum atomic E-state index is -2.89. The van der Waals surface area contributed by atoms with Crippen LogP contribution in [0.1, 0.15) is 22.3 Å². The fourth-order valence-corrected chi connectivity index (χ4v) is 5.73. The van der Waals surface area contributed by atoms with Crippen molar-refractivity contribution in [1.82, 2.24) is 20.1 Å². The Labute approximate surface area is 215 Å². The highest BCUT2D eigenvalue weighted by atomic mass is 32.2. The van der Waals surface area contributed by atoms with Crippen LogP contribution in [-0.2, 0) is 9.84 Å². The van der Waals surface area contributed by atoms with Crippen molar-refractivity contribution in [1.29, 1.82) is 0 Å². The fraction of sp³-hybridized carbons (Fsp3) is 0.417. The summed E-state index contributed by atoms with van der Waals surface area (Å²) < 4.78 is 35.0. The molecule has 0 bridgehead atoms. The Kier molecular flexibility index (Phi) is 6.98. The number of hydrogen-bond donors (Lipinski definition) is 2. The first-order valence-corrected chi connectivity index (χ1v) is 13.9. The summed E-state index contributed by atoms with van der Waals surface area (Å²) in [6.45, 7) is 3.46. The molecule has 37 heavy (non-hydrogen) atoms. The van der Waals surface area contributed by atoms with Crippen molar-refractivity contribution < 1.29 is 22.7 Å². The van der Waals surface area contributed by atoms with Crippen LogP contribution < -0.4 is 20.5 Å². The lowest BCUT2D eigenvalue weighted by atomic mass is 10.1. The molecular weight excluding hydrogens is 498 g/mol. The Morgan fingerprint density at radius 3 is 2.70 bits per heavy atom. The van der Waals surface area contributed by atoms with Crippen LogP contribution in [0.2, 0.25) is 0 Å². The van der Waals surface area contributed by atoms with Crippen LogP contribution >= 0.6 is 0 Å². The summed E-state index contributed by atoms with van der Waals surface area (Å²) in [4.78, 5) is 30.2. The van der Waals surface area contributed by atoms with Gasteiger partial charge in [-0.25, -0.2) is 18.4 Å². The number of benzene rings is 1. The van der Waals surface area contributed by atoms with E-state index < -0.39 is 9.84 Å². The predicted molar refractivity (Wildman–Crippen MR) is 140 cm³/mol. The van der Waals surface area contributed by atoms with Crippen LogP contribution in [0.25, 0.3) is 0 Å². The van der Waals surface area contributed by atoms with Crippen molar-refractivity contribution in [3.8, 4) is 11.5 Å². The van der Waals surface area contributed by atoms with Gasteiger partial charge >= 0.3 is 0 Å². The van der Waals surface area contributed by atoms with Gasteiger partial charge in [-0.3, -0.25) is 20.0 Å². The summed E-state index contributed by atoms with van der Waals surface area (Å²) in [5.41, 5.74) is 7.31. The van der Waals surface area contributed by atoms with E-state index >= 15 is 0 Å². The molecule has 1 fully saturated rings. The second-order valence-corrected chi connectivity index (χ2v) is 11.2. The minimum Gasteiger partial charge on any atom is -0.491 e. The van der Waals surface area contributed by atoms with E-state index in [1.54, 1.807) is 19.2 Å². The van der Waals surface area contributed by atoms with Crippen molar-refractivity contribution in [2.75, 3.05) is 63.7 Å². The number of aliphatic imine (C=N–C) groups is 2. The summed E-state index contributed by atoms with van der Waals surface area (Å²) in [6.07, 6.45) is 2.15. The van der Waals surface area contributed by atoms with E-state index in [0.717, 1.165) is 18.5 Å². The number of guanidine groups is 1. The molecule has 1 aromatic carbocycles. The van der Waals surface area contributed by atoms with Crippen LogP contribution in [0, 0.1) is 0 Å². The number of nitrogens with zero attached hydrogens (tertiary/aromatic N) is 5. The smallest absolute Gasteiger partial charge is 0.259 e.